The number of hydrogen-bond acceptors (Lipinski definition) is 7. The van der Waals surface area contributed by atoms with Gasteiger partial charge in [0.1, 0.15) is 22.8 Å². The van der Waals surface area contributed by atoms with E-state index in [-0.39, 0.29) is 29.0 Å². The van der Waals surface area contributed by atoms with Crippen molar-refractivity contribution in [1.29, 1.82) is 10.5 Å². The molecule has 0 N–H and O–H groups in total. The van der Waals surface area contributed by atoms with E-state index in [9.17, 15) is 20.1 Å². The highest BCUT2D eigenvalue weighted by atomic mass is 79.9. The maximum absolute atomic E-state index is 12.8. The number of nitrogens with zero attached hydrogens (tertiary/aromatic N) is 2. The van der Waals surface area contributed by atoms with E-state index >= 15 is 0 Å². The van der Waals surface area contributed by atoms with Crippen LogP contribution in [-0.4, -0.2) is 25.5 Å². The number of allylic oxidation sites excluding steroid dienone is 1. The third-order valence-electron chi connectivity index (χ3n) is 4.08. The summed E-state index contributed by atoms with van der Waals surface area (Å²) in [5.74, 6) is -0.521. The molecule has 2 aromatic rings. The number of methoxy groups -OCH3 is 1. The van der Waals surface area contributed by atoms with Gasteiger partial charge in [0.15, 0.2) is 5.78 Å². The fraction of sp³-hybridized carbons (Fsp3) is 0.238. The van der Waals surface area contributed by atoms with Crippen LogP contribution >= 0.6 is 43.2 Å². The van der Waals surface area contributed by atoms with Crippen molar-refractivity contribution >= 4 is 61.0 Å². The number of ketones is 1. The Kier molecular flexibility index (Phi) is 8.36. The molecule has 0 radical (unpaired) electrons. The van der Waals surface area contributed by atoms with Gasteiger partial charge >= 0.3 is 5.97 Å². The lowest BCUT2D eigenvalue weighted by molar-refractivity contribution is -0.114. The summed E-state index contributed by atoms with van der Waals surface area (Å²) in [6, 6.07) is 7.47. The molecule has 0 aliphatic heterocycles. The van der Waals surface area contributed by atoms with Gasteiger partial charge in [0, 0.05) is 21.3 Å². The maximum atomic E-state index is 12.8. The second kappa shape index (κ2) is 10.5. The average Bonchev–Trinajstić information content (AvgIpc) is 3.00. The van der Waals surface area contributed by atoms with Crippen molar-refractivity contribution < 1.29 is 19.1 Å². The summed E-state index contributed by atoms with van der Waals surface area (Å²) in [6.45, 7) is 3.53. The number of ether oxygens (including phenoxy) is 2. The van der Waals surface area contributed by atoms with Crippen LogP contribution in [0.15, 0.2) is 26.7 Å². The molecule has 1 aromatic carbocycles. The quantitative estimate of drug-likeness (QED) is 0.261. The largest absolute Gasteiger partial charge is 0.495 e. The minimum atomic E-state index is -0.532. The number of thiophene rings is 1. The molecule has 0 saturated carbocycles. The summed E-state index contributed by atoms with van der Waals surface area (Å²) in [6.07, 6.45) is 1.26. The van der Waals surface area contributed by atoms with E-state index in [1.54, 1.807) is 26.0 Å². The van der Waals surface area contributed by atoms with Crippen molar-refractivity contribution in [3.05, 3.63) is 53.1 Å². The highest BCUT2D eigenvalue weighted by Crippen LogP contribution is 2.34. The molecule has 0 unspecified atom stereocenters. The molecule has 0 amide bonds. The molecule has 0 bridgehead atoms. The highest BCUT2D eigenvalue weighted by molar-refractivity contribution is 9.11. The first-order valence-corrected chi connectivity index (χ1v) is 11.0. The Balaban J connectivity index is 2.43. The lowest BCUT2D eigenvalue weighted by Crippen LogP contribution is -2.05. The number of hydrogen-bond donors (Lipinski definition) is 0. The molecule has 6 nitrogen and oxygen atoms in total. The Morgan fingerprint density at radius 1 is 1.27 bits per heavy atom. The minimum Gasteiger partial charge on any atom is -0.495 e. The maximum Gasteiger partial charge on any atom is 0.348 e. The Morgan fingerprint density at radius 3 is 2.53 bits per heavy atom. The molecular weight excluding hydrogens is 536 g/mol. The van der Waals surface area contributed by atoms with Crippen LogP contribution in [0.5, 0.6) is 5.75 Å². The van der Waals surface area contributed by atoms with Gasteiger partial charge in [-0.05, 0) is 53.5 Å². The first-order valence-electron chi connectivity index (χ1n) is 8.64. The molecule has 0 atom stereocenters. The summed E-state index contributed by atoms with van der Waals surface area (Å²) in [5.41, 5.74) is 1.19. The monoisotopic (exact) mass is 550 g/mol. The van der Waals surface area contributed by atoms with E-state index in [1.807, 2.05) is 12.1 Å². The predicted octanol–water partition coefficient (Wildman–Crippen LogP) is 5.36. The number of halogens is 2. The number of carbonyl (C=O) groups excluding carboxylic acids is 2. The molecule has 0 spiro atoms. The zero-order valence-electron chi connectivity index (χ0n) is 16.3. The van der Waals surface area contributed by atoms with Crippen LogP contribution in [0.25, 0.3) is 6.08 Å². The summed E-state index contributed by atoms with van der Waals surface area (Å²) < 4.78 is 11.8. The second-order valence-electron chi connectivity index (χ2n) is 5.97. The lowest BCUT2D eigenvalue weighted by Gasteiger charge is -2.09. The van der Waals surface area contributed by atoms with Crippen molar-refractivity contribution in [1.82, 2.24) is 0 Å². The van der Waals surface area contributed by atoms with Crippen LogP contribution in [0.4, 0.5) is 0 Å². The topological polar surface area (TPSA) is 100 Å². The van der Waals surface area contributed by atoms with Gasteiger partial charge in [-0.3, -0.25) is 4.79 Å². The average molecular weight is 552 g/mol. The molecule has 1 aromatic heterocycles. The smallest absolute Gasteiger partial charge is 0.348 e. The van der Waals surface area contributed by atoms with E-state index in [2.05, 4.69) is 31.9 Å². The number of benzene rings is 1. The molecular formula is C21H16Br2N2O4S. The molecule has 0 aliphatic carbocycles. The van der Waals surface area contributed by atoms with Crippen molar-refractivity contribution in [2.45, 2.75) is 20.3 Å². The molecule has 9 heteroatoms. The van der Waals surface area contributed by atoms with E-state index in [1.165, 1.54) is 13.2 Å². The Labute approximate surface area is 195 Å². The fourth-order valence-electron chi connectivity index (χ4n) is 2.71. The van der Waals surface area contributed by atoms with E-state index in [4.69, 9.17) is 9.47 Å². The van der Waals surface area contributed by atoms with Crippen LogP contribution in [0.2, 0.25) is 0 Å². The summed E-state index contributed by atoms with van der Waals surface area (Å²) in [5, 5.41) is 19.0. The van der Waals surface area contributed by atoms with Crippen LogP contribution in [-0.2, 0) is 16.0 Å². The standard InChI is InChI=1S/C21H16Br2N2O4S/c1-4-29-21(27)20-11(2)15(10-25)18(30-20)8-17(26)13(9-24)5-12-6-14(22)7-16(23)19(12)28-3/h5-7H,4,8H2,1-3H3/b13-5+. The summed E-state index contributed by atoms with van der Waals surface area (Å²) >= 11 is 7.80. The number of esters is 1. The number of carbonyl (C=O) groups is 2. The van der Waals surface area contributed by atoms with Crippen molar-refractivity contribution in [3.8, 4) is 17.9 Å². The van der Waals surface area contributed by atoms with Gasteiger partial charge in [0.05, 0.1) is 29.3 Å². The van der Waals surface area contributed by atoms with Crippen molar-refractivity contribution in [3.63, 3.8) is 0 Å². The van der Waals surface area contributed by atoms with Crippen LogP contribution in [0, 0.1) is 29.6 Å². The molecule has 0 saturated heterocycles. The van der Waals surface area contributed by atoms with Gasteiger partial charge < -0.3 is 9.47 Å². The highest BCUT2D eigenvalue weighted by Gasteiger charge is 2.23. The normalized spacial score (nSPS) is 10.8. The van der Waals surface area contributed by atoms with Gasteiger partial charge in [-0.2, -0.15) is 10.5 Å². The van der Waals surface area contributed by atoms with Gasteiger partial charge in [-0.1, -0.05) is 15.9 Å². The Morgan fingerprint density at radius 2 is 1.97 bits per heavy atom. The molecule has 2 rings (SSSR count). The third-order valence-corrected chi connectivity index (χ3v) is 6.39. The fourth-order valence-corrected chi connectivity index (χ4v) is 5.28. The Hall–Kier alpha value is -2.46. The lowest BCUT2D eigenvalue weighted by atomic mass is 10.0. The van der Waals surface area contributed by atoms with Crippen molar-refractivity contribution in [2.75, 3.05) is 13.7 Å². The van der Waals surface area contributed by atoms with Crippen LogP contribution in [0.3, 0.4) is 0 Å². The number of nitriles is 2. The van der Waals surface area contributed by atoms with Gasteiger partial charge in [0.25, 0.3) is 0 Å². The van der Waals surface area contributed by atoms with Crippen molar-refractivity contribution in [2.24, 2.45) is 0 Å². The third kappa shape index (κ3) is 5.17. The van der Waals surface area contributed by atoms with E-state index in [0.29, 0.717) is 26.2 Å². The van der Waals surface area contributed by atoms with E-state index in [0.717, 1.165) is 15.8 Å². The molecule has 1 heterocycles. The first kappa shape index (κ1) is 23.8. The second-order valence-corrected chi connectivity index (χ2v) is 8.84. The molecule has 0 fully saturated rings. The molecule has 154 valence electrons. The number of Topliss-reactive ketones (excluding diaryl/α,β-unsaturated/α-hetero) is 1. The SMILES string of the molecule is CCOC(=O)c1sc(CC(=O)/C(C#N)=C/c2cc(Br)cc(Br)c2OC)c(C#N)c1C. The van der Waals surface area contributed by atoms with E-state index < -0.39 is 11.8 Å². The van der Waals surface area contributed by atoms with Gasteiger partial charge in [0.2, 0.25) is 0 Å². The predicted molar refractivity (Wildman–Crippen MR) is 120 cm³/mol. The molecule has 30 heavy (non-hydrogen) atoms. The summed E-state index contributed by atoms with van der Waals surface area (Å²) in [7, 11) is 1.49. The first-order chi connectivity index (χ1) is 14.3. The summed E-state index contributed by atoms with van der Waals surface area (Å²) in [4.78, 5) is 25.6. The molecule has 0 aliphatic rings. The van der Waals surface area contributed by atoms with Crippen LogP contribution < -0.4 is 4.74 Å². The zero-order chi connectivity index (χ0) is 22.4. The minimum absolute atomic E-state index is 0.0917. The van der Waals surface area contributed by atoms with Crippen LogP contribution in [0.1, 0.15) is 38.2 Å². The van der Waals surface area contributed by atoms with Gasteiger partial charge in [-0.25, -0.2) is 4.79 Å². The van der Waals surface area contributed by atoms with Gasteiger partial charge in [-0.15, -0.1) is 11.3 Å². The Bertz CT molecular complexity index is 1120. The zero-order valence-corrected chi connectivity index (χ0v) is 20.3. The number of rotatable bonds is 7.